The summed E-state index contributed by atoms with van der Waals surface area (Å²) in [4.78, 5) is 4.45. The second kappa shape index (κ2) is 7.84. The number of hydrogen-bond donors (Lipinski definition) is 2. The molecule has 0 fully saturated rings. The van der Waals surface area contributed by atoms with Crippen LogP contribution < -0.4 is 10.6 Å². The van der Waals surface area contributed by atoms with Crippen LogP contribution in [0.1, 0.15) is 5.56 Å². The van der Waals surface area contributed by atoms with E-state index < -0.39 is 0 Å². The van der Waals surface area contributed by atoms with Crippen LogP contribution in [-0.4, -0.2) is 38.3 Å². The van der Waals surface area contributed by atoms with Crippen molar-refractivity contribution in [3.63, 3.8) is 0 Å². The van der Waals surface area contributed by atoms with E-state index >= 15 is 0 Å². The Hall–Kier alpha value is -1.49. The predicted molar refractivity (Wildman–Crippen MR) is 78.2 cm³/mol. The van der Waals surface area contributed by atoms with Crippen molar-refractivity contribution in [3.05, 3.63) is 42.1 Å². The minimum Gasteiger partial charge on any atom is -0.383 e. The number of methoxy groups -OCH3 is 1. The lowest BCUT2D eigenvalue weighted by Gasteiger charge is -2.08. The normalized spacial score (nSPS) is 11.0. The third-order valence-electron chi connectivity index (χ3n) is 2.99. The first-order chi connectivity index (χ1) is 9.42. The molecule has 2 aromatic rings. The average molecular weight is 259 g/mol. The molecule has 0 amide bonds. The fourth-order valence-corrected chi connectivity index (χ4v) is 2.01. The van der Waals surface area contributed by atoms with Gasteiger partial charge in [0.05, 0.1) is 12.1 Å². The van der Waals surface area contributed by atoms with Gasteiger partial charge in [-0.2, -0.15) is 0 Å². The van der Waals surface area contributed by atoms with Crippen molar-refractivity contribution >= 4 is 10.9 Å². The summed E-state index contributed by atoms with van der Waals surface area (Å²) >= 11 is 0. The summed E-state index contributed by atoms with van der Waals surface area (Å²) in [7, 11) is 1.72. The molecule has 0 saturated carbocycles. The number of nitrogens with zero attached hydrogens (tertiary/aromatic N) is 1. The fraction of sp³-hybridized carbons (Fsp3) is 0.400. The first-order valence-corrected chi connectivity index (χ1v) is 6.65. The van der Waals surface area contributed by atoms with Crippen molar-refractivity contribution in [2.45, 2.75) is 6.54 Å². The molecule has 1 aromatic carbocycles. The molecule has 0 radical (unpaired) electrons. The van der Waals surface area contributed by atoms with Crippen LogP contribution in [0.2, 0.25) is 0 Å². The van der Waals surface area contributed by atoms with Gasteiger partial charge in [0.1, 0.15) is 0 Å². The summed E-state index contributed by atoms with van der Waals surface area (Å²) in [5.41, 5.74) is 2.33. The third kappa shape index (κ3) is 4.28. The number of ether oxygens (including phenoxy) is 1. The smallest absolute Gasteiger partial charge is 0.0746 e. The van der Waals surface area contributed by atoms with Gasteiger partial charge in [-0.3, -0.25) is 4.98 Å². The Morgan fingerprint density at radius 3 is 2.79 bits per heavy atom. The van der Waals surface area contributed by atoms with Gasteiger partial charge in [-0.15, -0.1) is 0 Å². The van der Waals surface area contributed by atoms with Crippen molar-refractivity contribution in [2.75, 3.05) is 33.4 Å². The lowest BCUT2D eigenvalue weighted by Crippen LogP contribution is -2.29. The van der Waals surface area contributed by atoms with Crippen LogP contribution >= 0.6 is 0 Å². The molecule has 1 heterocycles. The van der Waals surface area contributed by atoms with Gasteiger partial charge in [0.25, 0.3) is 0 Å². The van der Waals surface area contributed by atoms with E-state index in [4.69, 9.17) is 4.74 Å². The molecule has 0 aliphatic rings. The van der Waals surface area contributed by atoms with E-state index in [0.29, 0.717) is 0 Å². The first-order valence-electron chi connectivity index (χ1n) is 6.65. The maximum absolute atomic E-state index is 4.97. The minimum atomic E-state index is 0.757. The number of para-hydroxylation sites is 1. The molecule has 0 spiro atoms. The van der Waals surface area contributed by atoms with Gasteiger partial charge in [0.2, 0.25) is 0 Å². The average Bonchev–Trinajstić information content (AvgIpc) is 2.46. The SMILES string of the molecule is COCCNCCNCc1cccc2cccnc12. The molecule has 0 aliphatic heterocycles. The first kappa shape index (κ1) is 13.9. The van der Waals surface area contributed by atoms with Crippen LogP contribution in [0.5, 0.6) is 0 Å². The number of benzene rings is 1. The second-order valence-electron chi connectivity index (χ2n) is 4.41. The topological polar surface area (TPSA) is 46.2 Å². The van der Waals surface area contributed by atoms with Crippen LogP contribution in [0.25, 0.3) is 10.9 Å². The van der Waals surface area contributed by atoms with Gasteiger partial charge in [0.15, 0.2) is 0 Å². The summed E-state index contributed by atoms with van der Waals surface area (Å²) in [6.07, 6.45) is 1.85. The maximum atomic E-state index is 4.97. The zero-order chi connectivity index (χ0) is 13.3. The highest BCUT2D eigenvalue weighted by atomic mass is 16.5. The molecule has 2 rings (SSSR count). The van der Waals surface area contributed by atoms with Crippen LogP contribution in [0.4, 0.5) is 0 Å². The Labute approximate surface area is 114 Å². The quantitative estimate of drug-likeness (QED) is 0.706. The summed E-state index contributed by atoms with van der Waals surface area (Å²) in [5.74, 6) is 0. The third-order valence-corrected chi connectivity index (χ3v) is 2.99. The van der Waals surface area contributed by atoms with Crippen LogP contribution in [-0.2, 0) is 11.3 Å². The predicted octanol–water partition coefficient (Wildman–Crippen LogP) is 1.56. The van der Waals surface area contributed by atoms with Crippen molar-refractivity contribution in [3.8, 4) is 0 Å². The molecular weight excluding hydrogens is 238 g/mol. The molecule has 0 bridgehead atoms. The van der Waals surface area contributed by atoms with Gasteiger partial charge in [-0.05, 0) is 11.6 Å². The van der Waals surface area contributed by atoms with E-state index in [1.807, 2.05) is 12.3 Å². The number of aromatic nitrogens is 1. The molecule has 4 nitrogen and oxygen atoms in total. The summed E-state index contributed by atoms with van der Waals surface area (Å²) < 4.78 is 4.97. The van der Waals surface area contributed by atoms with E-state index in [1.165, 1.54) is 10.9 Å². The maximum Gasteiger partial charge on any atom is 0.0746 e. The number of fused-ring (bicyclic) bond motifs is 1. The number of hydrogen-bond acceptors (Lipinski definition) is 4. The molecule has 0 unspecified atom stereocenters. The van der Waals surface area contributed by atoms with Crippen LogP contribution in [0.15, 0.2) is 36.5 Å². The van der Waals surface area contributed by atoms with E-state index in [1.54, 1.807) is 7.11 Å². The fourth-order valence-electron chi connectivity index (χ4n) is 2.01. The highest BCUT2D eigenvalue weighted by Gasteiger charge is 2.00. The highest BCUT2D eigenvalue weighted by Crippen LogP contribution is 2.15. The highest BCUT2D eigenvalue weighted by molar-refractivity contribution is 5.81. The van der Waals surface area contributed by atoms with Crippen molar-refractivity contribution < 1.29 is 4.74 Å². The van der Waals surface area contributed by atoms with Gasteiger partial charge < -0.3 is 15.4 Å². The summed E-state index contributed by atoms with van der Waals surface area (Å²) in [5, 5.41) is 7.93. The van der Waals surface area contributed by atoms with Gasteiger partial charge in [0, 0.05) is 44.9 Å². The molecule has 102 valence electrons. The molecule has 0 atom stereocenters. The van der Waals surface area contributed by atoms with Crippen LogP contribution in [0.3, 0.4) is 0 Å². The lowest BCUT2D eigenvalue weighted by molar-refractivity contribution is 0.199. The van der Waals surface area contributed by atoms with Crippen LogP contribution in [0, 0.1) is 0 Å². The van der Waals surface area contributed by atoms with Crippen molar-refractivity contribution in [2.24, 2.45) is 0 Å². The molecule has 19 heavy (non-hydrogen) atoms. The number of rotatable bonds is 8. The standard InChI is InChI=1S/C15H21N3O/c1-19-11-10-16-8-9-17-12-14-5-2-4-13-6-3-7-18-15(13)14/h2-7,16-17H,8-12H2,1H3. The Morgan fingerprint density at radius 1 is 1.05 bits per heavy atom. The van der Waals surface area contributed by atoms with E-state index in [0.717, 1.165) is 38.3 Å². The number of nitrogens with one attached hydrogen (secondary N) is 2. The monoisotopic (exact) mass is 259 g/mol. The Kier molecular flexibility index (Phi) is 5.75. The van der Waals surface area contributed by atoms with Crippen molar-refractivity contribution in [1.29, 1.82) is 0 Å². The summed E-state index contributed by atoms with van der Waals surface area (Å²) in [6.45, 7) is 4.38. The van der Waals surface area contributed by atoms with E-state index in [2.05, 4.69) is 39.9 Å². The molecular formula is C15H21N3O. The second-order valence-corrected chi connectivity index (χ2v) is 4.41. The van der Waals surface area contributed by atoms with Gasteiger partial charge in [-0.1, -0.05) is 24.3 Å². The zero-order valence-electron chi connectivity index (χ0n) is 11.4. The molecule has 0 saturated heterocycles. The van der Waals surface area contributed by atoms with Gasteiger partial charge >= 0.3 is 0 Å². The lowest BCUT2D eigenvalue weighted by atomic mass is 10.1. The molecule has 4 heteroatoms. The van der Waals surface area contributed by atoms with E-state index in [-0.39, 0.29) is 0 Å². The minimum absolute atomic E-state index is 0.757. The van der Waals surface area contributed by atoms with Crippen molar-refractivity contribution in [1.82, 2.24) is 15.6 Å². The summed E-state index contributed by atoms with van der Waals surface area (Å²) in [6, 6.07) is 10.4. The van der Waals surface area contributed by atoms with E-state index in [9.17, 15) is 0 Å². The Bertz CT molecular complexity index is 496. The Balaban J connectivity index is 1.78. The molecule has 0 aliphatic carbocycles. The number of pyridine rings is 1. The molecule has 2 N–H and O–H groups in total. The Morgan fingerprint density at radius 2 is 1.89 bits per heavy atom. The van der Waals surface area contributed by atoms with Gasteiger partial charge in [-0.25, -0.2) is 0 Å². The molecule has 1 aromatic heterocycles. The largest absolute Gasteiger partial charge is 0.383 e. The zero-order valence-corrected chi connectivity index (χ0v) is 11.4.